The Morgan fingerprint density at radius 2 is 2.00 bits per heavy atom. The summed E-state index contributed by atoms with van der Waals surface area (Å²) in [6, 6.07) is 8.21. The number of furan rings is 1. The van der Waals surface area contributed by atoms with Gasteiger partial charge in [-0.05, 0) is 31.0 Å². The Hall–Kier alpha value is -3.42. The van der Waals surface area contributed by atoms with E-state index in [1.165, 1.54) is 6.26 Å². The van der Waals surface area contributed by atoms with Gasteiger partial charge in [-0.1, -0.05) is 29.4 Å². The SMILES string of the molecule is Cc1ccccc1C(CC(=O)O)NC(=O)c1nc(-c2ccoc2C)no1. The van der Waals surface area contributed by atoms with Gasteiger partial charge in [0.05, 0.1) is 24.3 Å². The molecule has 2 N–H and O–H groups in total. The average molecular weight is 355 g/mol. The summed E-state index contributed by atoms with van der Waals surface area (Å²) in [5.41, 5.74) is 2.21. The molecule has 2 aromatic heterocycles. The van der Waals surface area contributed by atoms with Crippen molar-refractivity contribution >= 4 is 11.9 Å². The third-order valence-corrected chi connectivity index (χ3v) is 3.97. The lowest BCUT2D eigenvalue weighted by molar-refractivity contribution is -0.137. The average Bonchev–Trinajstić information content (AvgIpc) is 3.23. The van der Waals surface area contributed by atoms with Crippen LogP contribution in [0.1, 0.15) is 40.0 Å². The normalized spacial score (nSPS) is 11.9. The van der Waals surface area contributed by atoms with Gasteiger partial charge in [0.2, 0.25) is 5.82 Å². The Morgan fingerprint density at radius 1 is 1.23 bits per heavy atom. The first-order valence-corrected chi connectivity index (χ1v) is 7.92. The minimum atomic E-state index is -1.03. The fraction of sp³-hybridized carbons (Fsp3) is 0.222. The Bertz CT molecular complexity index is 944. The first-order chi connectivity index (χ1) is 12.5. The molecule has 0 aliphatic heterocycles. The summed E-state index contributed by atoms with van der Waals surface area (Å²) in [7, 11) is 0. The molecule has 0 fully saturated rings. The van der Waals surface area contributed by atoms with Gasteiger partial charge in [-0.3, -0.25) is 9.59 Å². The minimum Gasteiger partial charge on any atom is -0.481 e. The quantitative estimate of drug-likeness (QED) is 0.698. The Kier molecular flexibility index (Phi) is 4.83. The van der Waals surface area contributed by atoms with Gasteiger partial charge >= 0.3 is 17.8 Å². The second-order valence-corrected chi connectivity index (χ2v) is 5.79. The fourth-order valence-electron chi connectivity index (χ4n) is 2.65. The number of benzene rings is 1. The van der Waals surface area contributed by atoms with Crippen LogP contribution in [0.3, 0.4) is 0 Å². The van der Waals surface area contributed by atoms with Gasteiger partial charge < -0.3 is 19.4 Å². The molecule has 3 aromatic rings. The molecule has 0 spiro atoms. The van der Waals surface area contributed by atoms with Crippen LogP contribution in [0, 0.1) is 13.8 Å². The molecule has 0 saturated carbocycles. The second-order valence-electron chi connectivity index (χ2n) is 5.79. The molecule has 2 heterocycles. The number of nitrogens with one attached hydrogen (secondary N) is 1. The highest BCUT2D eigenvalue weighted by molar-refractivity contribution is 5.90. The number of carbonyl (C=O) groups is 2. The third kappa shape index (κ3) is 3.64. The van der Waals surface area contributed by atoms with E-state index in [4.69, 9.17) is 14.0 Å². The van der Waals surface area contributed by atoms with Crippen LogP contribution in [0.2, 0.25) is 0 Å². The molecule has 8 nitrogen and oxygen atoms in total. The molecular weight excluding hydrogens is 338 g/mol. The van der Waals surface area contributed by atoms with Crippen molar-refractivity contribution in [3.8, 4) is 11.4 Å². The standard InChI is InChI=1S/C18H17N3O5/c1-10-5-3-4-6-12(10)14(9-15(22)23)19-17(24)18-20-16(21-26-18)13-7-8-25-11(13)2/h3-8,14H,9H2,1-2H3,(H,19,24)(H,22,23). The van der Waals surface area contributed by atoms with Crippen LogP contribution in [-0.2, 0) is 4.79 Å². The molecule has 0 saturated heterocycles. The highest BCUT2D eigenvalue weighted by Gasteiger charge is 2.24. The Labute approximate surface area is 148 Å². The summed E-state index contributed by atoms with van der Waals surface area (Å²) in [4.78, 5) is 27.7. The monoisotopic (exact) mass is 355 g/mol. The van der Waals surface area contributed by atoms with Gasteiger partial charge in [0.25, 0.3) is 0 Å². The van der Waals surface area contributed by atoms with Crippen molar-refractivity contribution in [2.45, 2.75) is 26.3 Å². The van der Waals surface area contributed by atoms with Gasteiger partial charge in [-0.25, -0.2) is 0 Å². The molecule has 1 atom stereocenters. The number of aromatic nitrogens is 2. The number of aliphatic carboxylic acids is 1. The van der Waals surface area contributed by atoms with E-state index in [-0.39, 0.29) is 18.1 Å². The van der Waals surface area contributed by atoms with Crippen molar-refractivity contribution in [2.75, 3.05) is 0 Å². The van der Waals surface area contributed by atoms with Crippen molar-refractivity contribution in [1.82, 2.24) is 15.5 Å². The maximum absolute atomic E-state index is 12.5. The molecule has 3 rings (SSSR count). The van der Waals surface area contributed by atoms with E-state index < -0.39 is 17.9 Å². The highest BCUT2D eigenvalue weighted by Crippen LogP contribution is 2.23. The van der Waals surface area contributed by atoms with Crippen molar-refractivity contribution in [3.05, 3.63) is 59.4 Å². The number of aryl methyl sites for hydroxylation is 2. The van der Waals surface area contributed by atoms with E-state index in [1.807, 2.05) is 19.1 Å². The lowest BCUT2D eigenvalue weighted by Gasteiger charge is -2.18. The fourth-order valence-corrected chi connectivity index (χ4v) is 2.65. The Balaban J connectivity index is 1.82. The van der Waals surface area contributed by atoms with Gasteiger partial charge in [0.1, 0.15) is 5.76 Å². The van der Waals surface area contributed by atoms with E-state index in [0.29, 0.717) is 16.9 Å². The maximum atomic E-state index is 12.5. The molecule has 1 unspecified atom stereocenters. The highest BCUT2D eigenvalue weighted by atomic mass is 16.5. The second kappa shape index (κ2) is 7.22. The van der Waals surface area contributed by atoms with Crippen LogP contribution in [0.4, 0.5) is 0 Å². The number of hydrogen-bond donors (Lipinski definition) is 2. The number of nitrogens with zero attached hydrogens (tertiary/aromatic N) is 2. The zero-order chi connectivity index (χ0) is 18.7. The first kappa shape index (κ1) is 17.4. The summed E-state index contributed by atoms with van der Waals surface area (Å²) in [6.45, 7) is 3.59. The van der Waals surface area contributed by atoms with Gasteiger partial charge in [0.15, 0.2) is 0 Å². The minimum absolute atomic E-state index is 0.229. The number of amides is 1. The zero-order valence-corrected chi connectivity index (χ0v) is 14.2. The molecule has 8 heteroatoms. The van der Waals surface area contributed by atoms with Gasteiger partial charge in [0, 0.05) is 0 Å². The van der Waals surface area contributed by atoms with Crippen LogP contribution in [-0.4, -0.2) is 27.1 Å². The number of carboxylic acid groups (broad SMARTS) is 1. The topological polar surface area (TPSA) is 118 Å². The van der Waals surface area contributed by atoms with Crippen LogP contribution < -0.4 is 5.32 Å². The van der Waals surface area contributed by atoms with Gasteiger partial charge in [-0.15, -0.1) is 0 Å². The molecule has 0 aliphatic rings. The predicted octanol–water partition coefficient (Wildman–Crippen LogP) is 2.89. The summed E-state index contributed by atoms with van der Waals surface area (Å²) in [6.07, 6.45) is 1.22. The summed E-state index contributed by atoms with van der Waals surface area (Å²) in [5.74, 6) is -1.09. The van der Waals surface area contributed by atoms with Crippen LogP contribution in [0.5, 0.6) is 0 Å². The number of carbonyl (C=O) groups excluding carboxylic acids is 1. The smallest absolute Gasteiger partial charge is 0.316 e. The first-order valence-electron chi connectivity index (χ1n) is 7.92. The van der Waals surface area contributed by atoms with Crippen molar-refractivity contribution < 1.29 is 23.6 Å². The number of hydrogen-bond acceptors (Lipinski definition) is 6. The van der Waals surface area contributed by atoms with Crippen LogP contribution in [0.15, 0.2) is 45.5 Å². The summed E-state index contributed by atoms with van der Waals surface area (Å²) >= 11 is 0. The summed E-state index contributed by atoms with van der Waals surface area (Å²) in [5, 5.41) is 15.6. The predicted molar refractivity (Wildman–Crippen MR) is 90.4 cm³/mol. The lowest BCUT2D eigenvalue weighted by Crippen LogP contribution is -2.30. The molecule has 1 aromatic carbocycles. The summed E-state index contributed by atoms with van der Waals surface area (Å²) < 4.78 is 10.2. The third-order valence-electron chi connectivity index (χ3n) is 3.97. The maximum Gasteiger partial charge on any atom is 0.316 e. The molecule has 0 radical (unpaired) electrons. The van der Waals surface area contributed by atoms with E-state index in [2.05, 4.69) is 15.5 Å². The van der Waals surface area contributed by atoms with E-state index in [9.17, 15) is 9.59 Å². The van der Waals surface area contributed by atoms with Gasteiger partial charge in [-0.2, -0.15) is 4.98 Å². The van der Waals surface area contributed by atoms with Crippen LogP contribution >= 0.6 is 0 Å². The van der Waals surface area contributed by atoms with E-state index >= 15 is 0 Å². The van der Waals surface area contributed by atoms with Crippen molar-refractivity contribution in [1.29, 1.82) is 0 Å². The largest absolute Gasteiger partial charge is 0.481 e. The molecule has 134 valence electrons. The van der Waals surface area contributed by atoms with E-state index in [0.717, 1.165) is 5.56 Å². The molecular formula is C18H17N3O5. The number of rotatable bonds is 6. The molecule has 0 bridgehead atoms. The van der Waals surface area contributed by atoms with Crippen molar-refractivity contribution in [3.63, 3.8) is 0 Å². The number of carboxylic acids is 1. The molecule has 0 aliphatic carbocycles. The molecule has 1 amide bonds. The lowest BCUT2D eigenvalue weighted by atomic mass is 9.99. The van der Waals surface area contributed by atoms with Crippen molar-refractivity contribution in [2.24, 2.45) is 0 Å². The Morgan fingerprint density at radius 3 is 2.65 bits per heavy atom. The van der Waals surface area contributed by atoms with E-state index in [1.54, 1.807) is 25.1 Å². The molecule has 26 heavy (non-hydrogen) atoms. The van der Waals surface area contributed by atoms with Crippen LogP contribution in [0.25, 0.3) is 11.4 Å². The zero-order valence-electron chi connectivity index (χ0n) is 14.2.